The molecule has 4 heteroatoms. The molecule has 0 aromatic heterocycles. The van der Waals surface area contributed by atoms with E-state index in [9.17, 15) is 0 Å². The molecule has 154 valence electrons. The summed E-state index contributed by atoms with van der Waals surface area (Å²) in [6, 6.07) is 24.4. The Morgan fingerprint density at radius 2 is 1.00 bits per heavy atom. The third kappa shape index (κ3) is 5.17. The number of halogens is 3. The molecule has 3 aromatic rings. The van der Waals surface area contributed by atoms with Crippen LogP contribution in [0.1, 0.15) is 54.2 Å². The minimum atomic E-state index is -0.182. The standard InChI is InChI=1S/C25H29.3ClH.Ti/c1-18-17-23(20(3)19(18)2)25(24(4,5)6,21-13-9-7-10-14-21)22-15-11-8-12-16-22;;;;/h7-17H,1-6H3;3*1H;/q-1;;;;+4/p-3. The third-order valence-corrected chi connectivity index (χ3v) is 5.86. The van der Waals surface area contributed by atoms with Gasteiger partial charge in [0.15, 0.2) is 0 Å². The minimum absolute atomic E-state index is 0. The molecule has 0 saturated heterocycles. The van der Waals surface area contributed by atoms with Gasteiger partial charge in [0.1, 0.15) is 0 Å². The van der Waals surface area contributed by atoms with Gasteiger partial charge in [-0.3, -0.25) is 0 Å². The Morgan fingerprint density at radius 3 is 1.28 bits per heavy atom. The molecule has 0 saturated carbocycles. The maximum absolute atomic E-state index is 2.41. The van der Waals surface area contributed by atoms with Gasteiger partial charge in [0.25, 0.3) is 0 Å². The van der Waals surface area contributed by atoms with Gasteiger partial charge < -0.3 is 37.2 Å². The van der Waals surface area contributed by atoms with E-state index < -0.39 is 0 Å². The summed E-state index contributed by atoms with van der Waals surface area (Å²) in [5.41, 5.74) is 8.21. The average Bonchev–Trinajstić information content (AvgIpc) is 2.84. The van der Waals surface area contributed by atoms with E-state index in [1.54, 1.807) is 0 Å². The zero-order valence-corrected chi connectivity index (χ0v) is 21.8. The van der Waals surface area contributed by atoms with Crippen molar-refractivity contribution in [3.8, 4) is 0 Å². The van der Waals surface area contributed by atoms with E-state index in [1.165, 1.54) is 33.4 Å². The summed E-state index contributed by atoms with van der Waals surface area (Å²) in [4.78, 5) is 0. The topological polar surface area (TPSA) is 0 Å². The number of aryl methyl sites for hydroxylation is 1. The molecule has 0 N–H and O–H groups in total. The van der Waals surface area contributed by atoms with Crippen molar-refractivity contribution in [1.29, 1.82) is 0 Å². The molecule has 0 spiro atoms. The summed E-state index contributed by atoms with van der Waals surface area (Å²) in [6.07, 6.45) is 0. The van der Waals surface area contributed by atoms with Crippen molar-refractivity contribution in [1.82, 2.24) is 0 Å². The van der Waals surface area contributed by atoms with Crippen molar-refractivity contribution < 1.29 is 58.9 Å². The Hall–Kier alpha value is -0.626. The Labute approximate surface area is 210 Å². The maximum Gasteiger partial charge on any atom is 4.00 e. The molecule has 0 heterocycles. The Bertz CT molecular complexity index is 823. The zero-order chi connectivity index (χ0) is 18.2. The molecule has 3 aromatic carbocycles. The van der Waals surface area contributed by atoms with Crippen molar-refractivity contribution in [3.05, 3.63) is 100 Å². The second-order valence-electron chi connectivity index (χ2n) is 8.22. The summed E-state index contributed by atoms with van der Waals surface area (Å²) in [5, 5.41) is 0. The van der Waals surface area contributed by atoms with Crippen LogP contribution in [0.15, 0.2) is 66.7 Å². The van der Waals surface area contributed by atoms with E-state index in [-0.39, 0.29) is 69.8 Å². The summed E-state index contributed by atoms with van der Waals surface area (Å²) in [7, 11) is 0. The first-order valence-electron chi connectivity index (χ1n) is 9.15. The largest absolute Gasteiger partial charge is 4.00 e. The van der Waals surface area contributed by atoms with Crippen molar-refractivity contribution >= 4 is 0 Å². The van der Waals surface area contributed by atoms with Gasteiger partial charge in [0.2, 0.25) is 0 Å². The van der Waals surface area contributed by atoms with Gasteiger partial charge in [-0.1, -0.05) is 102 Å². The van der Waals surface area contributed by atoms with Crippen LogP contribution < -0.4 is 37.2 Å². The first-order valence-corrected chi connectivity index (χ1v) is 9.15. The summed E-state index contributed by atoms with van der Waals surface area (Å²) in [5.74, 6) is 0. The monoisotopic (exact) mass is 482 g/mol. The Kier molecular flexibility index (Phi) is 12.3. The fourth-order valence-electron chi connectivity index (χ4n) is 4.44. The fourth-order valence-corrected chi connectivity index (χ4v) is 4.44. The normalized spacial score (nSPS) is 10.7. The number of hydrogen-bond acceptors (Lipinski definition) is 0. The van der Waals surface area contributed by atoms with Crippen LogP contribution in [-0.4, -0.2) is 0 Å². The van der Waals surface area contributed by atoms with Gasteiger partial charge >= 0.3 is 21.7 Å². The number of benzene rings is 2. The Morgan fingerprint density at radius 1 is 0.621 bits per heavy atom. The van der Waals surface area contributed by atoms with Gasteiger partial charge in [0, 0.05) is 5.41 Å². The first kappa shape index (κ1) is 30.6. The van der Waals surface area contributed by atoms with Crippen LogP contribution in [0.3, 0.4) is 0 Å². The zero-order valence-electron chi connectivity index (χ0n) is 18.0. The van der Waals surface area contributed by atoms with Gasteiger partial charge in [-0.25, -0.2) is 0 Å². The van der Waals surface area contributed by atoms with Gasteiger partial charge in [-0.05, 0) is 16.5 Å². The van der Waals surface area contributed by atoms with E-state index in [1.807, 2.05) is 0 Å². The SMILES string of the molecule is Cc1[cH-]c(C(c2ccccc2)(c2ccccc2)C(C)(C)C)c(C)c1C.[Cl-].[Cl-].[Cl-].[Ti+4]. The minimum Gasteiger partial charge on any atom is -1.00 e. The third-order valence-electron chi connectivity index (χ3n) is 5.86. The van der Waals surface area contributed by atoms with Crippen LogP contribution in [0.4, 0.5) is 0 Å². The quantitative estimate of drug-likeness (QED) is 0.291. The van der Waals surface area contributed by atoms with E-state index >= 15 is 0 Å². The van der Waals surface area contributed by atoms with Crippen LogP contribution in [0.2, 0.25) is 0 Å². The molecule has 0 atom stereocenters. The van der Waals surface area contributed by atoms with E-state index in [0.29, 0.717) is 0 Å². The average molecular weight is 484 g/mol. The summed E-state index contributed by atoms with van der Waals surface area (Å²) in [6.45, 7) is 13.9. The summed E-state index contributed by atoms with van der Waals surface area (Å²) < 4.78 is 0. The molecular formula is C25H29Cl3Ti. The van der Waals surface area contributed by atoms with Gasteiger partial charge in [0.05, 0.1) is 0 Å². The van der Waals surface area contributed by atoms with Gasteiger partial charge in [-0.2, -0.15) is 22.8 Å². The molecule has 0 bridgehead atoms. The number of hydrogen-bond donors (Lipinski definition) is 0. The predicted molar refractivity (Wildman–Crippen MR) is 108 cm³/mol. The molecule has 0 radical (unpaired) electrons. The second-order valence-corrected chi connectivity index (χ2v) is 8.22. The van der Waals surface area contributed by atoms with Crippen LogP contribution in [0.25, 0.3) is 0 Å². The number of rotatable bonds is 3. The molecule has 0 amide bonds. The van der Waals surface area contributed by atoms with Crippen LogP contribution in [-0.2, 0) is 27.1 Å². The molecule has 0 nitrogen and oxygen atoms in total. The molecule has 0 aliphatic rings. The molecule has 0 aliphatic heterocycles. The van der Waals surface area contributed by atoms with Gasteiger partial charge in [-0.15, -0.1) is 5.56 Å². The van der Waals surface area contributed by atoms with Crippen LogP contribution >= 0.6 is 0 Å². The van der Waals surface area contributed by atoms with Crippen LogP contribution in [0.5, 0.6) is 0 Å². The van der Waals surface area contributed by atoms with Crippen molar-refractivity contribution in [2.45, 2.75) is 47.0 Å². The van der Waals surface area contributed by atoms with Crippen molar-refractivity contribution in [2.75, 3.05) is 0 Å². The first-order chi connectivity index (χ1) is 11.8. The van der Waals surface area contributed by atoms with E-state index in [4.69, 9.17) is 0 Å². The van der Waals surface area contributed by atoms with Crippen molar-refractivity contribution in [3.63, 3.8) is 0 Å². The maximum atomic E-state index is 2.41. The molecule has 0 aliphatic carbocycles. The molecule has 3 rings (SSSR count). The molecular weight excluding hydrogens is 455 g/mol. The predicted octanol–water partition coefficient (Wildman–Crippen LogP) is -2.28. The fraction of sp³-hybridized carbons (Fsp3) is 0.320. The second kappa shape index (κ2) is 11.7. The molecule has 0 fully saturated rings. The van der Waals surface area contributed by atoms with E-state index in [2.05, 4.69) is 108 Å². The van der Waals surface area contributed by atoms with E-state index in [0.717, 1.165) is 0 Å². The Balaban J connectivity index is 0. The molecule has 29 heavy (non-hydrogen) atoms. The van der Waals surface area contributed by atoms with Crippen LogP contribution in [0, 0.1) is 26.2 Å². The summed E-state index contributed by atoms with van der Waals surface area (Å²) >= 11 is 0. The molecule has 0 unspecified atom stereocenters. The van der Waals surface area contributed by atoms with Crippen molar-refractivity contribution in [2.24, 2.45) is 5.41 Å². The smallest absolute Gasteiger partial charge is 1.00 e.